The molecule has 94 valence electrons. The van der Waals surface area contributed by atoms with Crippen molar-refractivity contribution < 1.29 is 17.9 Å². The molecule has 0 atom stereocenters. The van der Waals surface area contributed by atoms with Crippen molar-refractivity contribution in [1.82, 2.24) is 0 Å². The van der Waals surface area contributed by atoms with Crippen molar-refractivity contribution in [3.63, 3.8) is 0 Å². The summed E-state index contributed by atoms with van der Waals surface area (Å²) in [6.07, 6.45) is 0. The van der Waals surface area contributed by atoms with Gasteiger partial charge in [0.1, 0.15) is 5.75 Å². The van der Waals surface area contributed by atoms with Crippen molar-refractivity contribution in [1.29, 1.82) is 0 Å². The molecular formula is C11H13ClO4S. The first-order valence-corrected chi connectivity index (χ1v) is 7.14. The van der Waals surface area contributed by atoms with E-state index in [1.807, 2.05) is 0 Å². The van der Waals surface area contributed by atoms with E-state index in [1.54, 1.807) is 26.8 Å². The summed E-state index contributed by atoms with van der Waals surface area (Å²) in [6.45, 7) is 5.07. The molecule has 0 radical (unpaired) electrons. The average molecular weight is 277 g/mol. The van der Waals surface area contributed by atoms with Gasteiger partial charge in [-0.1, -0.05) is 0 Å². The zero-order valence-electron chi connectivity index (χ0n) is 10.00. The molecule has 1 aromatic carbocycles. The Hall–Kier alpha value is -1.07. The Morgan fingerprint density at radius 1 is 1.24 bits per heavy atom. The second kappa shape index (κ2) is 4.66. The van der Waals surface area contributed by atoms with Crippen molar-refractivity contribution >= 4 is 24.8 Å². The van der Waals surface area contributed by atoms with Crippen LogP contribution in [0.5, 0.6) is 5.75 Å². The number of aryl methyl sites for hydroxylation is 1. The summed E-state index contributed by atoms with van der Waals surface area (Å²) in [7, 11) is 2.35. The number of benzene rings is 1. The molecular weight excluding hydrogens is 264 g/mol. The van der Waals surface area contributed by atoms with Crippen LogP contribution in [0.25, 0.3) is 0 Å². The fourth-order valence-electron chi connectivity index (χ4n) is 1.69. The molecule has 0 fully saturated rings. The minimum Gasteiger partial charge on any atom is -0.496 e. The molecule has 0 saturated heterocycles. The van der Waals surface area contributed by atoms with E-state index in [4.69, 9.17) is 15.4 Å². The van der Waals surface area contributed by atoms with Crippen LogP contribution in [0.2, 0.25) is 0 Å². The van der Waals surface area contributed by atoms with E-state index in [2.05, 4.69) is 0 Å². The smallest absolute Gasteiger partial charge is 0.299 e. The molecule has 0 N–H and O–H groups in total. The molecule has 0 aromatic heterocycles. The third kappa shape index (κ3) is 2.61. The molecule has 0 unspecified atom stereocenters. The van der Waals surface area contributed by atoms with Crippen LogP contribution in [-0.4, -0.2) is 20.6 Å². The molecule has 0 aliphatic carbocycles. The molecule has 0 aliphatic rings. The van der Waals surface area contributed by atoms with E-state index in [0.717, 1.165) is 5.56 Å². The Labute approximate surface area is 105 Å². The van der Waals surface area contributed by atoms with Crippen molar-refractivity contribution in [2.75, 3.05) is 7.11 Å². The Bertz CT molecular complexity index is 576. The van der Waals surface area contributed by atoms with Gasteiger partial charge in [-0.25, -0.2) is 8.42 Å². The van der Waals surface area contributed by atoms with Crippen molar-refractivity contribution in [3.05, 3.63) is 28.3 Å². The summed E-state index contributed by atoms with van der Waals surface area (Å²) < 4.78 is 27.3. The van der Waals surface area contributed by atoms with Crippen molar-refractivity contribution in [3.8, 4) is 5.75 Å². The average Bonchev–Trinajstić information content (AvgIpc) is 2.22. The van der Waals surface area contributed by atoms with Gasteiger partial charge >= 0.3 is 0 Å². The molecule has 1 rings (SSSR count). The number of hydrogen-bond acceptors (Lipinski definition) is 4. The lowest BCUT2D eigenvalue weighted by Gasteiger charge is -2.13. The highest BCUT2D eigenvalue weighted by molar-refractivity contribution is 8.25. The Morgan fingerprint density at radius 3 is 2.18 bits per heavy atom. The number of carbonyl (C=O) groups excluding carboxylic acids is 1. The molecule has 0 amide bonds. The highest BCUT2D eigenvalue weighted by Gasteiger charge is 2.26. The minimum atomic E-state index is -4.24. The van der Waals surface area contributed by atoms with Crippen LogP contribution in [0.15, 0.2) is 6.07 Å². The number of rotatable bonds is 2. The summed E-state index contributed by atoms with van der Waals surface area (Å²) in [6, 6.07) is 1.62. The van der Waals surface area contributed by atoms with Gasteiger partial charge in [0.05, 0.1) is 7.11 Å². The van der Waals surface area contributed by atoms with Gasteiger partial charge in [0.2, 0.25) is 0 Å². The molecule has 0 heterocycles. The Morgan fingerprint density at radius 2 is 1.76 bits per heavy atom. The van der Waals surface area contributed by atoms with Crippen LogP contribution in [0.4, 0.5) is 0 Å². The van der Waals surface area contributed by atoms with Crippen LogP contribution in [0.3, 0.4) is 0 Å². The van der Waals surface area contributed by atoms with Crippen LogP contribution >= 0.6 is 10.7 Å². The number of ether oxygens (including phenoxy) is 1. The summed E-state index contributed by atoms with van der Waals surface area (Å²) >= 11 is 0. The molecule has 6 heteroatoms. The van der Waals surface area contributed by atoms with E-state index in [0.29, 0.717) is 16.9 Å². The topological polar surface area (TPSA) is 60.4 Å². The molecule has 17 heavy (non-hydrogen) atoms. The van der Waals surface area contributed by atoms with Gasteiger partial charge < -0.3 is 4.74 Å². The van der Waals surface area contributed by atoms with E-state index in [1.165, 1.54) is 7.11 Å². The summed E-state index contributed by atoms with van der Waals surface area (Å²) in [5.41, 5.74) is 1.94. The van der Waals surface area contributed by atoms with Gasteiger partial charge in [-0.2, -0.15) is 0 Å². The van der Waals surface area contributed by atoms with Gasteiger partial charge in [-0.3, -0.25) is 4.79 Å². The largest absolute Gasteiger partial charge is 0.496 e. The number of carbonyl (C=O) groups is 1. The molecule has 0 aliphatic heterocycles. The number of methoxy groups -OCH3 is 1. The van der Waals surface area contributed by atoms with Crippen LogP contribution < -0.4 is 4.74 Å². The molecule has 4 nitrogen and oxygen atoms in total. The maximum absolute atomic E-state index is 11.7. The van der Waals surface area contributed by atoms with Crippen LogP contribution in [0.1, 0.15) is 27.0 Å². The van der Waals surface area contributed by atoms with Crippen LogP contribution in [0, 0.1) is 20.8 Å². The van der Waals surface area contributed by atoms with Crippen LogP contribution in [-0.2, 0) is 9.05 Å². The molecule has 1 aromatic rings. The lowest BCUT2D eigenvalue weighted by atomic mass is 9.98. The second-order valence-corrected chi connectivity index (χ2v) is 6.21. The Kier molecular flexibility index (Phi) is 3.84. The monoisotopic (exact) mass is 276 g/mol. The molecule has 0 spiro atoms. The highest BCUT2D eigenvalue weighted by Crippen LogP contribution is 2.29. The normalized spacial score (nSPS) is 11.4. The first-order chi connectivity index (χ1) is 7.70. The fraction of sp³-hybridized carbons (Fsp3) is 0.364. The predicted octanol–water partition coefficient (Wildman–Crippen LogP) is 2.33. The molecule has 0 bridgehead atoms. The van der Waals surface area contributed by atoms with Crippen molar-refractivity contribution in [2.24, 2.45) is 0 Å². The quantitative estimate of drug-likeness (QED) is 0.778. The first kappa shape index (κ1) is 14.0. The van der Waals surface area contributed by atoms with E-state index in [9.17, 15) is 13.2 Å². The van der Waals surface area contributed by atoms with Gasteiger partial charge in [0.25, 0.3) is 14.2 Å². The lowest BCUT2D eigenvalue weighted by molar-refractivity contribution is 0.107. The first-order valence-electron chi connectivity index (χ1n) is 4.84. The van der Waals surface area contributed by atoms with E-state index >= 15 is 0 Å². The third-order valence-corrected chi connectivity index (χ3v) is 3.76. The van der Waals surface area contributed by atoms with E-state index in [-0.39, 0.29) is 5.56 Å². The minimum absolute atomic E-state index is 0.123. The SMILES string of the molecule is COc1cc(C)c(C(=O)S(=O)(=O)Cl)c(C)c1C. The standard InChI is InChI=1S/C11H13ClO4S/c1-6-5-9(16-4)7(2)8(3)10(6)11(13)17(12,14)15/h5H,1-4H3. The van der Waals surface area contributed by atoms with Gasteiger partial charge in [-0.15, -0.1) is 0 Å². The van der Waals surface area contributed by atoms with E-state index < -0.39 is 14.2 Å². The zero-order valence-corrected chi connectivity index (χ0v) is 11.6. The maximum Gasteiger partial charge on any atom is 0.299 e. The third-order valence-electron chi connectivity index (χ3n) is 2.69. The fourth-order valence-corrected chi connectivity index (χ4v) is 2.48. The lowest BCUT2D eigenvalue weighted by Crippen LogP contribution is -2.13. The highest BCUT2D eigenvalue weighted by atomic mass is 35.7. The van der Waals surface area contributed by atoms with Gasteiger partial charge in [0.15, 0.2) is 0 Å². The van der Waals surface area contributed by atoms with Gasteiger partial charge in [-0.05, 0) is 43.5 Å². The number of hydrogen-bond donors (Lipinski definition) is 0. The molecule has 0 saturated carbocycles. The van der Waals surface area contributed by atoms with Gasteiger partial charge in [0, 0.05) is 16.2 Å². The predicted molar refractivity (Wildman–Crippen MR) is 66.3 cm³/mol. The van der Waals surface area contributed by atoms with Crippen molar-refractivity contribution in [2.45, 2.75) is 20.8 Å². The maximum atomic E-state index is 11.7. The second-order valence-electron chi connectivity index (χ2n) is 3.75. The summed E-state index contributed by atoms with van der Waals surface area (Å²) in [5.74, 6) is 0.614. The Balaban J connectivity index is 3.58. The summed E-state index contributed by atoms with van der Waals surface area (Å²) in [5, 5.41) is -1.07. The zero-order chi connectivity index (χ0) is 13.4. The summed E-state index contributed by atoms with van der Waals surface area (Å²) in [4.78, 5) is 11.7. The number of halogens is 1.